The molecule has 24 heavy (non-hydrogen) atoms. The van der Waals surface area contributed by atoms with E-state index in [0.717, 1.165) is 26.1 Å². The molecule has 0 N–H and O–H groups in total. The number of carbonyl (C=O) groups is 1. The molecule has 1 aliphatic carbocycles. The molecular weight excluding hydrogens is 326 g/mol. The Morgan fingerprint density at radius 1 is 1.25 bits per heavy atom. The molecule has 0 aromatic carbocycles. The summed E-state index contributed by atoms with van der Waals surface area (Å²) >= 11 is 5.32. The molecule has 1 atom stereocenters. The van der Waals surface area contributed by atoms with Gasteiger partial charge in [0, 0.05) is 12.6 Å². The maximum atomic E-state index is 12.8. The zero-order valence-electron chi connectivity index (χ0n) is 14.7. The van der Waals surface area contributed by atoms with Crippen molar-refractivity contribution in [3.05, 3.63) is 23.7 Å². The maximum absolute atomic E-state index is 12.8. The Morgan fingerprint density at radius 3 is 2.50 bits per heavy atom. The van der Waals surface area contributed by atoms with Crippen molar-refractivity contribution in [2.75, 3.05) is 40.4 Å². The van der Waals surface area contributed by atoms with Crippen molar-refractivity contribution in [3.63, 3.8) is 0 Å². The van der Waals surface area contributed by atoms with E-state index in [4.69, 9.17) is 21.7 Å². The molecule has 2 aliphatic rings. The SMILES string of the molecule is CCN(CC)CCCN1C(=O)C2C=C(OC)C(OC)=CC2=NC1=S. The van der Waals surface area contributed by atoms with E-state index >= 15 is 0 Å². The molecular formula is C17H25N3O3S. The summed E-state index contributed by atoms with van der Waals surface area (Å²) in [5.74, 6) is 0.591. The van der Waals surface area contributed by atoms with E-state index in [1.54, 1.807) is 31.3 Å². The molecule has 0 fully saturated rings. The molecule has 0 saturated heterocycles. The van der Waals surface area contributed by atoms with Crippen LogP contribution in [-0.2, 0) is 14.3 Å². The number of aliphatic imine (C=N–C) groups is 1. The van der Waals surface area contributed by atoms with Crippen LogP contribution in [0, 0.1) is 5.92 Å². The first kappa shape index (κ1) is 18.6. The molecule has 0 bridgehead atoms. The molecule has 0 aromatic rings. The topological polar surface area (TPSA) is 54.4 Å². The van der Waals surface area contributed by atoms with Crippen molar-refractivity contribution in [3.8, 4) is 0 Å². The van der Waals surface area contributed by atoms with Crippen LogP contribution in [-0.4, -0.2) is 66.9 Å². The van der Waals surface area contributed by atoms with E-state index in [-0.39, 0.29) is 5.91 Å². The standard InChI is InChI=1S/C17H25N3O3S/c1-5-19(6-2)8-7-9-20-16(21)12-10-14(22-3)15(23-4)11-13(12)18-17(20)24/h10-12H,5-9H2,1-4H3. The predicted octanol–water partition coefficient (Wildman–Crippen LogP) is 1.98. The fourth-order valence-corrected chi connectivity index (χ4v) is 3.16. The van der Waals surface area contributed by atoms with Gasteiger partial charge in [-0.3, -0.25) is 9.69 Å². The van der Waals surface area contributed by atoms with Gasteiger partial charge in [0.25, 0.3) is 0 Å². The number of fused-ring (bicyclic) bond motifs is 1. The first-order valence-corrected chi connectivity index (χ1v) is 8.64. The highest BCUT2D eigenvalue weighted by Gasteiger charge is 2.36. The van der Waals surface area contributed by atoms with Gasteiger partial charge >= 0.3 is 0 Å². The van der Waals surface area contributed by atoms with Crippen LogP contribution in [0.2, 0.25) is 0 Å². The van der Waals surface area contributed by atoms with Crippen LogP contribution < -0.4 is 0 Å². The molecule has 0 saturated carbocycles. The van der Waals surface area contributed by atoms with Crippen molar-refractivity contribution in [2.45, 2.75) is 20.3 Å². The summed E-state index contributed by atoms with van der Waals surface area (Å²) in [6.45, 7) is 7.80. The highest BCUT2D eigenvalue weighted by atomic mass is 32.1. The maximum Gasteiger partial charge on any atom is 0.241 e. The minimum atomic E-state index is -0.459. The van der Waals surface area contributed by atoms with Gasteiger partial charge in [-0.2, -0.15) is 0 Å². The van der Waals surface area contributed by atoms with E-state index in [2.05, 4.69) is 23.7 Å². The molecule has 1 heterocycles. The van der Waals surface area contributed by atoms with Gasteiger partial charge in [-0.25, -0.2) is 4.99 Å². The lowest BCUT2D eigenvalue weighted by atomic mass is 9.93. The Hall–Kier alpha value is -1.73. The number of nitrogens with zero attached hydrogens (tertiary/aromatic N) is 3. The smallest absolute Gasteiger partial charge is 0.241 e. The zero-order chi connectivity index (χ0) is 17.7. The molecule has 1 unspecified atom stereocenters. The molecule has 132 valence electrons. The summed E-state index contributed by atoms with van der Waals surface area (Å²) in [7, 11) is 3.11. The van der Waals surface area contributed by atoms with Gasteiger partial charge < -0.3 is 14.4 Å². The molecule has 6 nitrogen and oxygen atoms in total. The van der Waals surface area contributed by atoms with Crippen LogP contribution in [0.1, 0.15) is 20.3 Å². The van der Waals surface area contributed by atoms with Gasteiger partial charge in [0.05, 0.1) is 19.9 Å². The molecule has 0 radical (unpaired) electrons. The number of ether oxygens (including phenoxy) is 2. The number of hydrogen-bond donors (Lipinski definition) is 0. The van der Waals surface area contributed by atoms with E-state index in [1.165, 1.54) is 0 Å². The molecule has 1 amide bonds. The van der Waals surface area contributed by atoms with Crippen molar-refractivity contribution in [1.82, 2.24) is 9.80 Å². The summed E-state index contributed by atoms with van der Waals surface area (Å²) in [5, 5.41) is 0.326. The van der Waals surface area contributed by atoms with Crippen LogP contribution in [0.25, 0.3) is 0 Å². The second-order valence-electron chi connectivity index (χ2n) is 5.61. The van der Waals surface area contributed by atoms with Crippen LogP contribution >= 0.6 is 12.2 Å². The monoisotopic (exact) mass is 351 g/mol. The Labute approximate surface area is 148 Å². The minimum absolute atomic E-state index is 0.0505. The number of amides is 1. The third-order valence-electron chi connectivity index (χ3n) is 4.34. The third kappa shape index (κ3) is 3.84. The van der Waals surface area contributed by atoms with E-state index in [1.807, 2.05) is 0 Å². The second kappa shape index (κ2) is 8.39. The van der Waals surface area contributed by atoms with Crippen molar-refractivity contribution >= 4 is 28.9 Å². The van der Waals surface area contributed by atoms with Crippen LogP contribution in [0.15, 0.2) is 28.7 Å². The summed E-state index contributed by atoms with van der Waals surface area (Å²) < 4.78 is 10.6. The molecule has 0 aromatic heterocycles. The second-order valence-corrected chi connectivity index (χ2v) is 5.98. The third-order valence-corrected chi connectivity index (χ3v) is 4.65. The molecule has 7 heteroatoms. The van der Waals surface area contributed by atoms with Crippen molar-refractivity contribution < 1.29 is 14.3 Å². The highest BCUT2D eigenvalue weighted by molar-refractivity contribution is 7.80. The van der Waals surface area contributed by atoms with Gasteiger partial charge in [0.1, 0.15) is 5.92 Å². The number of carbonyl (C=O) groups excluding carboxylic acids is 1. The Balaban J connectivity index is 2.12. The molecule has 2 rings (SSSR count). The number of allylic oxidation sites excluding steroid dienone is 1. The summed E-state index contributed by atoms with van der Waals surface area (Å²) in [4.78, 5) is 21.2. The number of rotatable bonds is 8. The van der Waals surface area contributed by atoms with Crippen molar-refractivity contribution in [1.29, 1.82) is 0 Å². The fourth-order valence-electron chi connectivity index (χ4n) is 2.87. The largest absolute Gasteiger partial charge is 0.493 e. The Kier molecular flexibility index (Phi) is 6.51. The normalized spacial score (nSPS) is 20.5. The quantitative estimate of drug-likeness (QED) is 0.626. The van der Waals surface area contributed by atoms with Crippen LogP contribution in [0.3, 0.4) is 0 Å². The zero-order valence-corrected chi connectivity index (χ0v) is 15.6. The van der Waals surface area contributed by atoms with Gasteiger partial charge in [-0.05, 0) is 44.3 Å². The van der Waals surface area contributed by atoms with Gasteiger partial charge in [-0.1, -0.05) is 13.8 Å². The first-order valence-electron chi connectivity index (χ1n) is 8.23. The summed E-state index contributed by atoms with van der Waals surface area (Å²) in [6, 6.07) is 0. The van der Waals surface area contributed by atoms with E-state index in [0.29, 0.717) is 28.9 Å². The Morgan fingerprint density at radius 2 is 1.92 bits per heavy atom. The average molecular weight is 351 g/mol. The van der Waals surface area contributed by atoms with E-state index in [9.17, 15) is 4.79 Å². The van der Waals surface area contributed by atoms with Crippen molar-refractivity contribution in [2.24, 2.45) is 10.9 Å². The number of methoxy groups -OCH3 is 2. The Bertz CT molecular complexity index is 594. The fraction of sp³-hybridized carbons (Fsp3) is 0.588. The number of hydrogen-bond acceptors (Lipinski definition) is 5. The summed E-state index contributed by atoms with van der Waals surface area (Å²) in [5.41, 5.74) is 0.614. The lowest BCUT2D eigenvalue weighted by Gasteiger charge is -2.32. The van der Waals surface area contributed by atoms with Gasteiger partial charge in [-0.15, -0.1) is 0 Å². The number of thiocarbonyl (C=S) groups is 1. The molecule has 1 aliphatic heterocycles. The van der Waals surface area contributed by atoms with Gasteiger partial charge in [0.15, 0.2) is 11.5 Å². The van der Waals surface area contributed by atoms with Gasteiger partial charge in [0.2, 0.25) is 11.0 Å². The molecule has 0 spiro atoms. The predicted molar refractivity (Wildman–Crippen MR) is 97.8 cm³/mol. The highest BCUT2D eigenvalue weighted by Crippen LogP contribution is 2.27. The van der Waals surface area contributed by atoms with Crippen LogP contribution in [0.5, 0.6) is 0 Å². The lowest BCUT2D eigenvalue weighted by Crippen LogP contribution is -2.47. The lowest BCUT2D eigenvalue weighted by molar-refractivity contribution is -0.128. The average Bonchev–Trinajstić information content (AvgIpc) is 2.60. The van der Waals surface area contributed by atoms with Crippen LogP contribution in [0.4, 0.5) is 0 Å². The summed E-state index contributed by atoms with van der Waals surface area (Å²) in [6.07, 6.45) is 4.34. The minimum Gasteiger partial charge on any atom is -0.493 e. The first-order chi connectivity index (χ1) is 11.5. The van der Waals surface area contributed by atoms with E-state index < -0.39 is 5.92 Å².